The summed E-state index contributed by atoms with van der Waals surface area (Å²) in [7, 11) is 0. The first-order valence-corrected chi connectivity index (χ1v) is 7.73. The van der Waals surface area contributed by atoms with Crippen LogP contribution in [0.25, 0.3) is 0 Å². The number of carbonyl (C=O) groups is 1. The van der Waals surface area contributed by atoms with Crippen molar-refractivity contribution in [1.29, 1.82) is 10.7 Å². The molecule has 0 aliphatic carbocycles. The van der Waals surface area contributed by atoms with Crippen LogP contribution in [-0.4, -0.2) is 21.3 Å². The highest BCUT2D eigenvalue weighted by atomic mass is 16.4. The van der Waals surface area contributed by atoms with E-state index >= 15 is 0 Å². The Labute approximate surface area is 153 Å². The Morgan fingerprint density at radius 3 is 2.81 bits per heavy atom. The number of rotatable bonds is 3. The SMILES string of the molecule is Cc1cc(C#N)cnc1C(=O)Nc1ccc(N)c(C(=N)n2ccoc2=O)c1. The first kappa shape index (κ1) is 17.6. The lowest BCUT2D eigenvalue weighted by Gasteiger charge is -2.11. The minimum Gasteiger partial charge on any atom is -0.416 e. The molecule has 3 rings (SSSR count). The van der Waals surface area contributed by atoms with E-state index in [1.165, 1.54) is 24.5 Å². The summed E-state index contributed by atoms with van der Waals surface area (Å²) in [5.41, 5.74) is 7.88. The number of carbonyl (C=O) groups excluding carboxylic acids is 1. The second-order valence-corrected chi connectivity index (χ2v) is 5.64. The minimum atomic E-state index is -0.716. The highest BCUT2D eigenvalue weighted by Gasteiger charge is 2.15. The van der Waals surface area contributed by atoms with Crippen LogP contribution < -0.4 is 16.8 Å². The molecule has 0 saturated heterocycles. The number of nitrogen functional groups attached to an aromatic ring is 1. The summed E-state index contributed by atoms with van der Waals surface area (Å²) in [4.78, 5) is 28.1. The third-order valence-corrected chi connectivity index (χ3v) is 3.81. The molecule has 4 N–H and O–H groups in total. The Balaban J connectivity index is 1.89. The lowest BCUT2D eigenvalue weighted by atomic mass is 10.1. The molecule has 0 unspecified atom stereocenters. The van der Waals surface area contributed by atoms with Gasteiger partial charge in [0.2, 0.25) is 0 Å². The van der Waals surface area contributed by atoms with Crippen molar-refractivity contribution in [3.63, 3.8) is 0 Å². The topological polar surface area (TPSA) is 151 Å². The predicted molar refractivity (Wildman–Crippen MR) is 97.7 cm³/mol. The maximum atomic E-state index is 12.5. The number of anilines is 2. The molecule has 1 amide bonds. The molecule has 0 radical (unpaired) electrons. The van der Waals surface area contributed by atoms with Crippen molar-refractivity contribution in [3.8, 4) is 6.07 Å². The molecule has 9 heteroatoms. The summed E-state index contributed by atoms with van der Waals surface area (Å²) in [6.45, 7) is 1.68. The first-order valence-electron chi connectivity index (χ1n) is 7.73. The highest BCUT2D eigenvalue weighted by molar-refractivity contribution is 6.06. The molecule has 0 atom stereocenters. The number of nitrogens with two attached hydrogens (primary N) is 1. The van der Waals surface area contributed by atoms with Crippen LogP contribution in [0.2, 0.25) is 0 Å². The number of oxazole rings is 1. The molecule has 134 valence electrons. The molecular formula is C18H14N6O3. The number of aryl methyl sites for hydroxylation is 1. The number of aromatic nitrogens is 2. The van der Waals surface area contributed by atoms with E-state index in [0.717, 1.165) is 10.8 Å². The molecule has 3 aromatic rings. The van der Waals surface area contributed by atoms with Crippen LogP contribution >= 0.6 is 0 Å². The molecule has 0 bridgehead atoms. The number of hydrogen-bond donors (Lipinski definition) is 3. The third kappa shape index (κ3) is 3.45. The third-order valence-electron chi connectivity index (χ3n) is 3.81. The fourth-order valence-electron chi connectivity index (χ4n) is 2.47. The van der Waals surface area contributed by atoms with Gasteiger partial charge in [-0.1, -0.05) is 0 Å². The number of amides is 1. The second-order valence-electron chi connectivity index (χ2n) is 5.64. The van der Waals surface area contributed by atoms with Crippen LogP contribution in [0, 0.1) is 23.7 Å². The smallest absolute Gasteiger partial charge is 0.416 e. The van der Waals surface area contributed by atoms with E-state index in [9.17, 15) is 9.59 Å². The van der Waals surface area contributed by atoms with Crippen LogP contribution in [-0.2, 0) is 0 Å². The normalized spacial score (nSPS) is 10.2. The maximum Gasteiger partial charge on any atom is 0.424 e. The number of pyridine rings is 1. The van der Waals surface area contributed by atoms with Gasteiger partial charge in [0.25, 0.3) is 5.91 Å². The number of benzene rings is 1. The fraction of sp³-hybridized carbons (Fsp3) is 0.0556. The van der Waals surface area contributed by atoms with Gasteiger partial charge in [-0.2, -0.15) is 5.26 Å². The van der Waals surface area contributed by atoms with Gasteiger partial charge in [-0.25, -0.2) is 14.3 Å². The highest BCUT2D eigenvalue weighted by Crippen LogP contribution is 2.20. The molecule has 0 spiro atoms. The number of nitrogens with one attached hydrogen (secondary N) is 2. The Morgan fingerprint density at radius 2 is 2.19 bits per heavy atom. The lowest BCUT2D eigenvalue weighted by Crippen LogP contribution is -2.24. The molecule has 27 heavy (non-hydrogen) atoms. The lowest BCUT2D eigenvalue weighted by molar-refractivity contribution is 0.102. The van der Waals surface area contributed by atoms with Crippen molar-refractivity contribution in [2.24, 2.45) is 0 Å². The average Bonchev–Trinajstić information content (AvgIpc) is 3.08. The van der Waals surface area contributed by atoms with E-state index < -0.39 is 11.7 Å². The van der Waals surface area contributed by atoms with Crippen LogP contribution in [0.3, 0.4) is 0 Å². The standard InChI is InChI=1S/C18H14N6O3/c1-10-6-11(8-19)9-22-15(10)17(25)23-12-2-3-14(20)13(7-12)16(21)24-4-5-27-18(24)26/h2-7,9,21H,20H2,1H3,(H,23,25). The number of hydrogen-bond acceptors (Lipinski definition) is 7. The van der Waals surface area contributed by atoms with Crippen LogP contribution in [0.4, 0.5) is 11.4 Å². The van der Waals surface area contributed by atoms with Crippen molar-refractivity contribution in [2.75, 3.05) is 11.1 Å². The summed E-state index contributed by atoms with van der Waals surface area (Å²) < 4.78 is 5.65. The van der Waals surface area contributed by atoms with Gasteiger partial charge in [-0.3, -0.25) is 10.2 Å². The van der Waals surface area contributed by atoms with Crippen LogP contribution in [0.15, 0.2) is 52.1 Å². The van der Waals surface area contributed by atoms with Crippen molar-refractivity contribution < 1.29 is 9.21 Å². The summed E-state index contributed by atoms with van der Waals surface area (Å²) >= 11 is 0. The van der Waals surface area contributed by atoms with Gasteiger partial charge in [0, 0.05) is 23.1 Å². The van der Waals surface area contributed by atoms with E-state index in [1.807, 2.05) is 6.07 Å². The molecule has 2 heterocycles. The van der Waals surface area contributed by atoms with E-state index in [2.05, 4.69) is 14.7 Å². The second kappa shape index (κ2) is 6.97. The zero-order valence-electron chi connectivity index (χ0n) is 14.2. The molecule has 0 saturated carbocycles. The van der Waals surface area contributed by atoms with Crippen molar-refractivity contribution in [3.05, 3.63) is 75.9 Å². The molecule has 0 aliphatic rings. The van der Waals surface area contributed by atoms with E-state index in [-0.39, 0.29) is 22.8 Å². The van der Waals surface area contributed by atoms with Crippen molar-refractivity contribution in [2.45, 2.75) is 6.92 Å². The van der Waals surface area contributed by atoms with Gasteiger partial charge in [0.15, 0.2) is 0 Å². The summed E-state index contributed by atoms with van der Waals surface area (Å²) in [5, 5.41) is 19.7. The quantitative estimate of drug-likeness (QED) is 0.367. The first-order chi connectivity index (χ1) is 12.9. The molecule has 2 aromatic heterocycles. The minimum absolute atomic E-state index is 0.175. The van der Waals surface area contributed by atoms with Gasteiger partial charge < -0.3 is 15.5 Å². The van der Waals surface area contributed by atoms with Gasteiger partial charge in [0.1, 0.15) is 23.9 Å². The van der Waals surface area contributed by atoms with Gasteiger partial charge in [-0.15, -0.1) is 0 Å². The molecule has 1 aromatic carbocycles. The average molecular weight is 362 g/mol. The largest absolute Gasteiger partial charge is 0.424 e. The summed E-state index contributed by atoms with van der Waals surface area (Å²) in [6.07, 6.45) is 3.79. The van der Waals surface area contributed by atoms with E-state index in [4.69, 9.17) is 16.4 Å². The Hall–Kier alpha value is -4.19. The monoisotopic (exact) mass is 362 g/mol. The molecular weight excluding hydrogens is 348 g/mol. The maximum absolute atomic E-state index is 12.5. The molecule has 0 fully saturated rings. The van der Waals surface area contributed by atoms with E-state index in [1.54, 1.807) is 19.1 Å². The molecule has 0 aliphatic heterocycles. The Kier molecular flexibility index (Phi) is 4.55. The Morgan fingerprint density at radius 1 is 1.41 bits per heavy atom. The van der Waals surface area contributed by atoms with Crippen LogP contribution in [0.1, 0.15) is 27.2 Å². The zero-order valence-corrected chi connectivity index (χ0v) is 14.2. The number of nitrogens with zero attached hydrogens (tertiary/aromatic N) is 3. The van der Waals surface area contributed by atoms with Gasteiger partial charge in [0.05, 0.1) is 11.8 Å². The molecule has 9 nitrogen and oxygen atoms in total. The number of nitriles is 1. The predicted octanol–water partition coefficient (Wildman–Crippen LogP) is 1.72. The van der Waals surface area contributed by atoms with Crippen molar-refractivity contribution in [1.82, 2.24) is 9.55 Å². The van der Waals surface area contributed by atoms with Crippen LogP contribution in [0.5, 0.6) is 0 Å². The fourth-order valence-corrected chi connectivity index (χ4v) is 2.47. The van der Waals surface area contributed by atoms with Gasteiger partial charge in [-0.05, 0) is 36.8 Å². The summed E-state index contributed by atoms with van der Waals surface area (Å²) in [5.74, 6) is -1.37. The summed E-state index contributed by atoms with van der Waals surface area (Å²) in [6, 6.07) is 8.10. The van der Waals surface area contributed by atoms with E-state index in [0.29, 0.717) is 16.8 Å². The van der Waals surface area contributed by atoms with Gasteiger partial charge >= 0.3 is 5.76 Å². The zero-order chi connectivity index (χ0) is 19.6. The van der Waals surface area contributed by atoms with Crippen molar-refractivity contribution >= 4 is 23.1 Å². The Bertz CT molecular complexity index is 1150.